The van der Waals surface area contributed by atoms with Crippen LogP contribution in [0.5, 0.6) is 5.75 Å². The maximum Gasteiger partial charge on any atom is 0.223 e. The van der Waals surface area contributed by atoms with Gasteiger partial charge in [-0.2, -0.15) is 4.98 Å². The predicted molar refractivity (Wildman–Crippen MR) is 75.0 cm³/mol. The molecule has 3 rings (SSSR count). The van der Waals surface area contributed by atoms with Crippen molar-refractivity contribution in [2.24, 2.45) is 0 Å². The molecule has 0 fully saturated rings. The quantitative estimate of drug-likeness (QED) is 0.735. The summed E-state index contributed by atoms with van der Waals surface area (Å²) in [7, 11) is 0. The maximum absolute atomic E-state index is 5.65. The SMILES string of the molecule is Cc1nc(COc2ccc3cc(Br)ccc3c2)no1. The Morgan fingerprint density at radius 3 is 2.74 bits per heavy atom. The van der Waals surface area contributed by atoms with Gasteiger partial charge in [-0.05, 0) is 35.0 Å². The van der Waals surface area contributed by atoms with E-state index >= 15 is 0 Å². The van der Waals surface area contributed by atoms with Gasteiger partial charge in [0.2, 0.25) is 11.7 Å². The average Bonchev–Trinajstić information content (AvgIpc) is 2.82. The van der Waals surface area contributed by atoms with Crippen molar-refractivity contribution in [3.05, 3.63) is 52.6 Å². The summed E-state index contributed by atoms with van der Waals surface area (Å²) in [5.74, 6) is 1.88. The number of aryl methyl sites for hydroxylation is 1. The number of hydrogen-bond donors (Lipinski definition) is 0. The molecule has 1 heterocycles. The third-order valence-electron chi connectivity index (χ3n) is 2.71. The second-order valence-electron chi connectivity index (χ2n) is 4.17. The first-order valence-corrected chi connectivity index (χ1v) is 6.61. The second-order valence-corrected chi connectivity index (χ2v) is 5.09. The minimum atomic E-state index is 0.305. The van der Waals surface area contributed by atoms with Crippen molar-refractivity contribution in [1.82, 2.24) is 10.1 Å². The highest BCUT2D eigenvalue weighted by molar-refractivity contribution is 9.10. The first-order chi connectivity index (χ1) is 9.20. The first kappa shape index (κ1) is 12.2. The molecule has 0 bridgehead atoms. The highest BCUT2D eigenvalue weighted by Crippen LogP contribution is 2.24. The number of rotatable bonds is 3. The molecule has 0 radical (unpaired) electrons. The zero-order chi connectivity index (χ0) is 13.2. The van der Waals surface area contributed by atoms with Crippen molar-refractivity contribution in [1.29, 1.82) is 0 Å². The molecule has 0 spiro atoms. The molecule has 0 saturated heterocycles. The molecule has 0 aliphatic heterocycles. The van der Waals surface area contributed by atoms with Gasteiger partial charge in [0.1, 0.15) is 5.75 Å². The van der Waals surface area contributed by atoms with E-state index in [0.717, 1.165) is 21.0 Å². The monoisotopic (exact) mass is 318 g/mol. The molecule has 0 saturated carbocycles. The van der Waals surface area contributed by atoms with Gasteiger partial charge in [0.25, 0.3) is 0 Å². The van der Waals surface area contributed by atoms with Crippen molar-refractivity contribution in [2.45, 2.75) is 13.5 Å². The van der Waals surface area contributed by atoms with Crippen LogP contribution in [0.4, 0.5) is 0 Å². The van der Waals surface area contributed by atoms with Crippen molar-refractivity contribution in [2.75, 3.05) is 0 Å². The van der Waals surface area contributed by atoms with E-state index in [1.54, 1.807) is 6.92 Å². The number of aromatic nitrogens is 2. The van der Waals surface area contributed by atoms with Gasteiger partial charge in [-0.3, -0.25) is 0 Å². The van der Waals surface area contributed by atoms with Crippen LogP contribution < -0.4 is 4.74 Å². The van der Waals surface area contributed by atoms with Gasteiger partial charge in [0.05, 0.1) is 0 Å². The maximum atomic E-state index is 5.65. The van der Waals surface area contributed by atoms with E-state index < -0.39 is 0 Å². The largest absolute Gasteiger partial charge is 0.485 e. The molecule has 1 aromatic heterocycles. The summed E-state index contributed by atoms with van der Waals surface area (Å²) in [5, 5.41) is 6.08. The Hall–Kier alpha value is -1.88. The standard InChI is InChI=1S/C14H11BrN2O2/c1-9-16-14(17-19-9)8-18-13-5-3-10-6-12(15)4-2-11(10)7-13/h2-7H,8H2,1H3. The fraction of sp³-hybridized carbons (Fsp3) is 0.143. The van der Waals surface area contributed by atoms with E-state index in [-0.39, 0.29) is 0 Å². The van der Waals surface area contributed by atoms with E-state index in [1.165, 1.54) is 0 Å². The summed E-state index contributed by atoms with van der Waals surface area (Å²) in [6.07, 6.45) is 0. The lowest BCUT2D eigenvalue weighted by molar-refractivity contribution is 0.286. The summed E-state index contributed by atoms with van der Waals surface area (Å²) in [6, 6.07) is 12.1. The van der Waals surface area contributed by atoms with Crippen LogP contribution in [0.25, 0.3) is 10.8 Å². The zero-order valence-electron chi connectivity index (χ0n) is 10.3. The number of ether oxygens (including phenoxy) is 1. The molecule has 4 nitrogen and oxygen atoms in total. The molecule has 96 valence electrons. The lowest BCUT2D eigenvalue weighted by atomic mass is 10.1. The molecule has 3 aromatic rings. The van der Waals surface area contributed by atoms with Gasteiger partial charge in [-0.1, -0.05) is 33.2 Å². The fourth-order valence-electron chi connectivity index (χ4n) is 1.83. The molecule has 19 heavy (non-hydrogen) atoms. The van der Waals surface area contributed by atoms with Crippen LogP contribution in [-0.4, -0.2) is 10.1 Å². The smallest absolute Gasteiger partial charge is 0.223 e. The van der Waals surface area contributed by atoms with Gasteiger partial charge >= 0.3 is 0 Å². The Kier molecular flexibility index (Phi) is 3.21. The Bertz CT molecular complexity index is 724. The second kappa shape index (κ2) is 5.01. The number of benzene rings is 2. The lowest BCUT2D eigenvalue weighted by Gasteiger charge is -2.05. The molecular weight excluding hydrogens is 308 g/mol. The van der Waals surface area contributed by atoms with Crippen LogP contribution in [0.1, 0.15) is 11.7 Å². The fourth-order valence-corrected chi connectivity index (χ4v) is 2.21. The Morgan fingerprint density at radius 2 is 1.95 bits per heavy atom. The molecule has 0 aliphatic rings. The summed E-state index contributed by atoms with van der Waals surface area (Å²) in [5.41, 5.74) is 0. The number of nitrogens with zero attached hydrogens (tertiary/aromatic N) is 2. The summed E-state index contributed by atoms with van der Waals surface area (Å²) >= 11 is 3.46. The van der Waals surface area contributed by atoms with Crippen molar-refractivity contribution < 1.29 is 9.26 Å². The molecule has 0 N–H and O–H groups in total. The van der Waals surface area contributed by atoms with E-state index in [4.69, 9.17) is 9.26 Å². The van der Waals surface area contributed by atoms with Crippen LogP contribution in [0.2, 0.25) is 0 Å². The normalized spacial score (nSPS) is 10.8. The molecule has 0 atom stereocenters. The van der Waals surface area contributed by atoms with Crippen molar-refractivity contribution >= 4 is 26.7 Å². The number of halogens is 1. The Morgan fingerprint density at radius 1 is 1.16 bits per heavy atom. The summed E-state index contributed by atoms with van der Waals surface area (Å²) < 4.78 is 11.6. The third kappa shape index (κ3) is 2.76. The topological polar surface area (TPSA) is 48.2 Å². The minimum Gasteiger partial charge on any atom is -0.485 e. The molecular formula is C14H11BrN2O2. The van der Waals surface area contributed by atoms with E-state index in [9.17, 15) is 0 Å². The lowest BCUT2D eigenvalue weighted by Crippen LogP contribution is -1.97. The van der Waals surface area contributed by atoms with Gasteiger partial charge in [0, 0.05) is 11.4 Å². The Labute approximate surface area is 118 Å². The van der Waals surface area contributed by atoms with Gasteiger partial charge in [0.15, 0.2) is 6.61 Å². The van der Waals surface area contributed by atoms with Crippen LogP contribution in [0.3, 0.4) is 0 Å². The third-order valence-corrected chi connectivity index (χ3v) is 3.20. The van der Waals surface area contributed by atoms with Gasteiger partial charge < -0.3 is 9.26 Å². The van der Waals surface area contributed by atoms with Crippen LogP contribution in [-0.2, 0) is 6.61 Å². The van der Waals surface area contributed by atoms with Crippen molar-refractivity contribution in [3.8, 4) is 5.75 Å². The number of hydrogen-bond acceptors (Lipinski definition) is 4. The minimum absolute atomic E-state index is 0.305. The molecule has 0 unspecified atom stereocenters. The number of fused-ring (bicyclic) bond motifs is 1. The van der Waals surface area contributed by atoms with Crippen molar-refractivity contribution in [3.63, 3.8) is 0 Å². The Balaban J connectivity index is 1.79. The molecule has 0 aliphatic carbocycles. The van der Waals surface area contributed by atoms with Crippen LogP contribution in [0, 0.1) is 6.92 Å². The van der Waals surface area contributed by atoms with Gasteiger partial charge in [-0.15, -0.1) is 0 Å². The van der Waals surface area contributed by atoms with E-state index in [1.807, 2.05) is 30.3 Å². The molecule has 0 amide bonds. The molecule has 5 heteroatoms. The highest BCUT2D eigenvalue weighted by Gasteiger charge is 2.04. The summed E-state index contributed by atoms with van der Waals surface area (Å²) in [4.78, 5) is 4.09. The summed E-state index contributed by atoms with van der Waals surface area (Å²) in [6.45, 7) is 2.06. The van der Waals surface area contributed by atoms with Gasteiger partial charge in [-0.25, -0.2) is 0 Å². The average molecular weight is 319 g/mol. The van der Waals surface area contributed by atoms with Crippen LogP contribution in [0.15, 0.2) is 45.4 Å². The molecule has 2 aromatic carbocycles. The highest BCUT2D eigenvalue weighted by atomic mass is 79.9. The predicted octanol–water partition coefficient (Wildman–Crippen LogP) is 3.87. The van der Waals surface area contributed by atoms with E-state index in [0.29, 0.717) is 18.3 Å². The zero-order valence-corrected chi connectivity index (χ0v) is 11.8. The van der Waals surface area contributed by atoms with E-state index in [2.05, 4.69) is 32.1 Å². The van der Waals surface area contributed by atoms with Crippen LogP contribution >= 0.6 is 15.9 Å². The first-order valence-electron chi connectivity index (χ1n) is 5.82.